The minimum atomic E-state index is -1.49. The number of halogens is 1. The van der Waals surface area contributed by atoms with Gasteiger partial charge in [-0.3, -0.25) is 4.72 Å². The quantitative estimate of drug-likeness (QED) is 0.720. The van der Waals surface area contributed by atoms with E-state index in [1.807, 2.05) is 6.07 Å². The SMILES string of the molecule is N#Cc1ccc(F)c(N2CCOc3cc(S(=O)Nc4nccs4)ccc32)c1. The van der Waals surface area contributed by atoms with Gasteiger partial charge in [0.25, 0.3) is 0 Å². The van der Waals surface area contributed by atoms with Crippen molar-refractivity contribution in [1.29, 1.82) is 5.26 Å². The molecular weight excluding hydrogens is 387 g/mol. The number of aromatic nitrogens is 1. The number of fused-ring (bicyclic) bond motifs is 1. The van der Waals surface area contributed by atoms with Gasteiger partial charge in [0.1, 0.15) is 18.2 Å². The summed E-state index contributed by atoms with van der Waals surface area (Å²) in [6.07, 6.45) is 1.63. The first-order valence-corrected chi connectivity index (χ1v) is 10.0. The number of rotatable bonds is 4. The molecule has 0 saturated heterocycles. The van der Waals surface area contributed by atoms with Crippen LogP contribution in [0.2, 0.25) is 0 Å². The Balaban J connectivity index is 1.66. The zero-order valence-corrected chi connectivity index (χ0v) is 15.5. The summed E-state index contributed by atoms with van der Waals surface area (Å²) >= 11 is 1.35. The summed E-state index contributed by atoms with van der Waals surface area (Å²) in [5.74, 6) is 0.0924. The van der Waals surface area contributed by atoms with Gasteiger partial charge in [0.2, 0.25) is 0 Å². The molecule has 1 aromatic heterocycles. The summed E-state index contributed by atoms with van der Waals surface area (Å²) in [5, 5.41) is 11.4. The second-order valence-corrected chi connectivity index (χ2v) is 7.72. The molecule has 136 valence electrons. The molecular formula is C18H13FN4O2S2. The van der Waals surface area contributed by atoms with E-state index in [4.69, 9.17) is 10.00 Å². The lowest BCUT2D eigenvalue weighted by Crippen LogP contribution is -2.29. The highest BCUT2D eigenvalue weighted by molar-refractivity contribution is 7.86. The molecule has 1 aliphatic rings. The number of benzene rings is 2. The van der Waals surface area contributed by atoms with Crippen molar-refractivity contribution in [2.45, 2.75) is 4.90 Å². The van der Waals surface area contributed by atoms with E-state index in [-0.39, 0.29) is 0 Å². The van der Waals surface area contributed by atoms with Crippen molar-refractivity contribution >= 4 is 38.8 Å². The molecule has 0 radical (unpaired) electrons. The molecule has 1 unspecified atom stereocenters. The van der Waals surface area contributed by atoms with Crippen LogP contribution in [0.25, 0.3) is 0 Å². The summed E-state index contributed by atoms with van der Waals surface area (Å²) in [5.41, 5.74) is 1.35. The molecule has 4 rings (SSSR count). The monoisotopic (exact) mass is 400 g/mol. The van der Waals surface area contributed by atoms with E-state index in [1.165, 1.54) is 29.5 Å². The number of hydrogen-bond acceptors (Lipinski definition) is 6. The maximum atomic E-state index is 14.3. The third-order valence-electron chi connectivity index (χ3n) is 3.99. The summed E-state index contributed by atoms with van der Waals surface area (Å²) in [4.78, 5) is 6.34. The Morgan fingerprint density at radius 3 is 2.96 bits per heavy atom. The Morgan fingerprint density at radius 2 is 2.19 bits per heavy atom. The van der Waals surface area contributed by atoms with Crippen LogP contribution in [-0.2, 0) is 11.0 Å². The molecule has 2 aromatic carbocycles. The zero-order valence-electron chi connectivity index (χ0n) is 13.9. The second kappa shape index (κ2) is 7.34. The van der Waals surface area contributed by atoms with Gasteiger partial charge in [0, 0.05) is 17.6 Å². The minimum absolute atomic E-state index is 0.313. The second-order valence-electron chi connectivity index (χ2n) is 5.62. The van der Waals surface area contributed by atoms with Gasteiger partial charge in [-0.1, -0.05) is 0 Å². The molecule has 6 nitrogen and oxygen atoms in total. The fraction of sp³-hybridized carbons (Fsp3) is 0.111. The number of nitrogens with zero attached hydrogens (tertiary/aromatic N) is 3. The predicted molar refractivity (Wildman–Crippen MR) is 102 cm³/mol. The molecule has 0 bridgehead atoms. The number of nitriles is 1. The topological polar surface area (TPSA) is 78.2 Å². The Morgan fingerprint density at radius 1 is 1.30 bits per heavy atom. The lowest BCUT2D eigenvalue weighted by molar-refractivity contribution is 0.312. The van der Waals surface area contributed by atoms with E-state index in [1.54, 1.807) is 34.7 Å². The molecule has 0 spiro atoms. The molecule has 0 aliphatic carbocycles. The van der Waals surface area contributed by atoms with Gasteiger partial charge in [-0.15, -0.1) is 11.3 Å². The molecule has 1 atom stereocenters. The normalized spacial score (nSPS) is 14.0. The van der Waals surface area contributed by atoms with Gasteiger partial charge >= 0.3 is 0 Å². The lowest BCUT2D eigenvalue weighted by atomic mass is 10.1. The van der Waals surface area contributed by atoms with Gasteiger partial charge in [-0.2, -0.15) is 5.26 Å². The molecule has 1 N–H and O–H groups in total. The van der Waals surface area contributed by atoms with E-state index in [9.17, 15) is 8.60 Å². The van der Waals surface area contributed by atoms with Crippen LogP contribution in [0, 0.1) is 17.1 Å². The van der Waals surface area contributed by atoms with Gasteiger partial charge < -0.3 is 9.64 Å². The Bertz CT molecular complexity index is 1050. The van der Waals surface area contributed by atoms with Crippen LogP contribution in [-0.4, -0.2) is 22.3 Å². The van der Waals surface area contributed by atoms with E-state index in [0.29, 0.717) is 45.9 Å². The molecule has 9 heteroatoms. The van der Waals surface area contributed by atoms with E-state index in [2.05, 4.69) is 9.71 Å². The molecule has 27 heavy (non-hydrogen) atoms. The summed E-state index contributed by atoms with van der Waals surface area (Å²) in [6, 6.07) is 11.4. The van der Waals surface area contributed by atoms with Crippen LogP contribution < -0.4 is 14.4 Å². The number of hydrogen-bond donors (Lipinski definition) is 1. The van der Waals surface area contributed by atoms with Crippen molar-refractivity contribution in [2.75, 3.05) is 22.8 Å². The molecule has 0 amide bonds. The Hall–Kier alpha value is -2.96. The first-order valence-electron chi connectivity index (χ1n) is 7.97. The summed E-state index contributed by atoms with van der Waals surface area (Å²) in [7, 11) is -1.49. The third kappa shape index (κ3) is 3.49. The van der Waals surface area contributed by atoms with Crippen molar-refractivity contribution < 1.29 is 13.3 Å². The summed E-state index contributed by atoms with van der Waals surface area (Å²) < 4.78 is 35.4. The zero-order chi connectivity index (χ0) is 18.8. The predicted octanol–water partition coefficient (Wildman–Crippen LogP) is 3.82. The minimum Gasteiger partial charge on any atom is -0.489 e. The van der Waals surface area contributed by atoms with E-state index < -0.39 is 16.8 Å². The maximum absolute atomic E-state index is 14.3. The van der Waals surface area contributed by atoms with Gasteiger partial charge in [0.05, 0.1) is 34.4 Å². The fourth-order valence-corrected chi connectivity index (χ4v) is 4.29. The standard InChI is InChI=1S/C18H13FN4O2S2/c19-14-3-1-12(11-20)9-16(14)23-6-7-25-17-10-13(2-4-15(17)23)27(24)22-18-21-5-8-26-18/h1-5,8-10H,6-7H2,(H,21,22). The van der Waals surface area contributed by atoms with Gasteiger partial charge in [0.15, 0.2) is 16.1 Å². The van der Waals surface area contributed by atoms with Crippen LogP contribution in [0.5, 0.6) is 5.75 Å². The average molecular weight is 400 g/mol. The van der Waals surface area contributed by atoms with Crippen molar-refractivity contribution in [1.82, 2.24) is 4.98 Å². The molecule has 0 saturated carbocycles. The molecule has 3 aromatic rings. The van der Waals surface area contributed by atoms with Crippen molar-refractivity contribution in [3.8, 4) is 11.8 Å². The fourth-order valence-electron chi connectivity index (χ4n) is 2.77. The first kappa shape index (κ1) is 17.5. The highest BCUT2D eigenvalue weighted by atomic mass is 32.2. The molecule has 1 aliphatic heterocycles. The average Bonchev–Trinajstić information content (AvgIpc) is 3.20. The van der Waals surface area contributed by atoms with E-state index in [0.717, 1.165) is 0 Å². The highest BCUT2D eigenvalue weighted by Gasteiger charge is 2.23. The van der Waals surface area contributed by atoms with Crippen LogP contribution in [0.1, 0.15) is 5.56 Å². The summed E-state index contributed by atoms with van der Waals surface area (Å²) in [6.45, 7) is 0.790. The number of ether oxygens (including phenoxy) is 1. The Labute approximate surface area is 161 Å². The van der Waals surface area contributed by atoms with Crippen LogP contribution >= 0.6 is 11.3 Å². The lowest BCUT2D eigenvalue weighted by Gasteiger charge is -2.31. The van der Waals surface area contributed by atoms with Crippen molar-refractivity contribution in [3.05, 3.63) is 59.4 Å². The van der Waals surface area contributed by atoms with Crippen LogP contribution in [0.3, 0.4) is 0 Å². The largest absolute Gasteiger partial charge is 0.489 e. The number of nitrogens with one attached hydrogen (secondary N) is 1. The number of thiazole rings is 1. The Kier molecular flexibility index (Phi) is 4.75. The molecule has 0 fully saturated rings. The van der Waals surface area contributed by atoms with Crippen LogP contribution in [0.4, 0.5) is 20.9 Å². The number of anilines is 3. The smallest absolute Gasteiger partial charge is 0.194 e. The van der Waals surface area contributed by atoms with Crippen molar-refractivity contribution in [3.63, 3.8) is 0 Å². The third-order valence-corrected chi connectivity index (χ3v) is 5.87. The van der Waals surface area contributed by atoms with Crippen LogP contribution in [0.15, 0.2) is 52.9 Å². The van der Waals surface area contributed by atoms with Crippen molar-refractivity contribution in [2.24, 2.45) is 0 Å². The van der Waals surface area contributed by atoms with Gasteiger partial charge in [-0.25, -0.2) is 13.6 Å². The first-order chi connectivity index (χ1) is 13.2. The van der Waals surface area contributed by atoms with Gasteiger partial charge in [-0.05, 0) is 30.3 Å². The van der Waals surface area contributed by atoms with E-state index >= 15 is 0 Å². The highest BCUT2D eigenvalue weighted by Crippen LogP contribution is 2.39. The maximum Gasteiger partial charge on any atom is 0.194 e. The molecule has 2 heterocycles.